The monoisotopic (exact) mass is 187 g/mol. The largest absolute Gasteiger partial charge is 0.460 e. The number of primary amides is 1. The van der Waals surface area contributed by atoms with Crippen molar-refractivity contribution in [2.45, 2.75) is 27.1 Å². The van der Waals surface area contributed by atoms with Gasteiger partial charge in [-0.2, -0.15) is 0 Å². The first-order chi connectivity index (χ1) is 5.93. The Hall–Kier alpha value is -1.03. The van der Waals surface area contributed by atoms with E-state index in [-0.39, 0.29) is 5.76 Å². The molecule has 76 valence electrons. The van der Waals surface area contributed by atoms with Gasteiger partial charge in [0, 0.05) is 0 Å². The van der Waals surface area contributed by atoms with E-state index in [1.807, 2.05) is 13.8 Å². The van der Waals surface area contributed by atoms with E-state index >= 15 is 0 Å². The summed E-state index contributed by atoms with van der Waals surface area (Å²) in [6.07, 6.45) is -0.484. The molecule has 4 heteroatoms. The predicted molar refractivity (Wildman–Crippen MR) is 49.7 cm³/mol. The van der Waals surface area contributed by atoms with Crippen molar-refractivity contribution in [1.29, 1.82) is 0 Å². The number of hydrogen-bond acceptors (Lipinski definition) is 3. The van der Waals surface area contributed by atoms with Crippen LogP contribution in [0.2, 0.25) is 0 Å². The molecule has 0 saturated heterocycles. The Balaban J connectivity index is 3.68. The first-order valence-corrected chi connectivity index (χ1v) is 4.20. The summed E-state index contributed by atoms with van der Waals surface area (Å²) in [5.41, 5.74) is 4.92. The summed E-state index contributed by atoms with van der Waals surface area (Å²) in [5.74, 6) is -0.316. The van der Waals surface area contributed by atoms with Crippen LogP contribution in [-0.4, -0.2) is 18.8 Å². The molecule has 0 heterocycles. The standard InChI is InChI=1S/C9H17NO3/c1-6(2)5-12-8(4)13-7(3)9(10)11/h6,8H,3,5H2,1-2,4H3,(H2,10,11). The quantitative estimate of drug-likeness (QED) is 0.383. The zero-order chi connectivity index (χ0) is 10.4. The van der Waals surface area contributed by atoms with Crippen molar-refractivity contribution in [3.8, 4) is 0 Å². The Morgan fingerprint density at radius 2 is 2.00 bits per heavy atom. The van der Waals surface area contributed by atoms with Crippen molar-refractivity contribution in [2.24, 2.45) is 11.7 Å². The fraction of sp³-hybridized carbons (Fsp3) is 0.667. The number of nitrogens with two attached hydrogens (primary N) is 1. The lowest BCUT2D eigenvalue weighted by molar-refractivity contribution is -0.134. The van der Waals surface area contributed by atoms with E-state index in [1.54, 1.807) is 6.92 Å². The molecule has 0 aromatic carbocycles. The Kier molecular flexibility index (Phi) is 5.14. The lowest BCUT2D eigenvalue weighted by Gasteiger charge is -2.16. The van der Waals surface area contributed by atoms with Crippen molar-refractivity contribution in [3.63, 3.8) is 0 Å². The van der Waals surface area contributed by atoms with Gasteiger partial charge in [-0.3, -0.25) is 4.79 Å². The van der Waals surface area contributed by atoms with E-state index in [1.165, 1.54) is 0 Å². The molecule has 0 aromatic rings. The molecule has 0 saturated carbocycles. The van der Waals surface area contributed by atoms with Crippen molar-refractivity contribution in [2.75, 3.05) is 6.61 Å². The molecule has 13 heavy (non-hydrogen) atoms. The summed E-state index contributed by atoms with van der Waals surface area (Å²) in [6.45, 7) is 9.66. The highest BCUT2D eigenvalue weighted by Crippen LogP contribution is 2.03. The molecule has 0 spiro atoms. The summed E-state index contributed by atoms with van der Waals surface area (Å²) in [7, 11) is 0. The molecule has 2 N–H and O–H groups in total. The molecule has 0 radical (unpaired) electrons. The van der Waals surface area contributed by atoms with Gasteiger partial charge in [-0.1, -0.05) is 20.4 Å². The van der Waals surface area contributed by atoms with Crippen molar-refractivity contribution in [3.05, 3.63) is 12.3 Å². The average Bonchev–Trinajstić information content (AvgIpc) is 2.00. The Morgan fingerprint density at radius 3 is 2.38 bits per heavy atom. The fourth-order valence-electron chi connectivity index (χ4n) is 0.620. The second-order valence-corrected chi connectivity index (χ2v) is 3.20. The first kappa shape index (κ1) is 12.0. The molecule has 0 aromatic heterocycles. The van der Waals surface area contributed by atoms with Crippen LogP contribution in [0.4, 0.5) is 0 Å². The number of carbonyl (C=O) groups excluding carboxylic acids is 1. The molecule has 0 fully saturated rings. The van der Waals surface area contributed by atoms with Crippen molar-refractivity contribution < 1.29 is 14.3 Å². The highest BCUT2D eigenvalue weighted by Gasteiger charge is 2.09. The zero-order valence-corrected chi connectivity index (χ0v) is 8.37. The van der Waals surface area contributed by atoms with E-state index in [0.29, 0.717) is 12.5 Å². The van der Waals surface area contributed by atoms with Crippen LogP contribution >= 0.6 is 0 Å². The van der Waals surface area contributed by atoms with Gasteiger partial charge in [-0.25, -0.2) is 0 Å². The third-order valence-electron chi connectivity index (χ3n) is 1.25. The molecular formula is C9H17NO3. The lowest BCUT2D eigenvalue weighted by Crippen LogP contribution is -2.22. The number of rotatable bonds is 6. The summed E-state index contributed by atoms with van der Waals surface area (Å²) in [6, 6.07) is 0. The van der Waals surface area contributed by atoms with Crippen LogP contribution in [0.1, 0.15) is 20.8 Å². The molecule has 0 rings (SSSR count). The van der Waals surface area contributed by atoms with E-state index in [9.17, 15) is 4.79 Å². The van der Waals surface area contributed by atoms with Gasteiger partial charge in [0.25, 0.3) is 5.91 Å². The molecule has 4 nitrogen and oxygen atoms in total. The number of carbonyl (C=O) groups is 1. The van der Waals surface area contributed by atoms with Gasteiger partial charge in [-0.15, -0.1) is 0 Å². The highest BCUT2D eigenvalue weighted by molar-refractivity contribution is 5.89. The third kappa shape index (κ3) is 6.16. The Morgan fingerprint density at radius 1 is 1.46 bits per heavy atom. The number of hydrogen-bond donors (Lipinski definition) is 1. The van der Waals surface area contributed by atoms with Gasteiger partial charge >= 0.3 is 0 Å². The van der Waals surface area contributed by atoms with Crippen LogP contribution in [0.15, 0.2) is 12.3 Å². The van der Waals surface area contributed by atoms with E-state index < -0.39 is 12.2 Å². The van der Waals surface area contributed by atoms with Gasteiger partial charge in [0.05, 0.1) is 6.61 Å². The van der Waals surface area contributed by atoms with Crippen molar-refractivity contribution in [1.82, 2.24) is 0 Å². The number of amides is 1. The lowest BCUT2D eigenvalue weighted by atomic mass is 10.2. The first-order valence-electron chi connectivity index (χ1n) is 4.20. The smallest absolute Gasteiger partial charge is 0.283 e. The van der Waals surface area contributed by atoms with Crippen LogP contribution in [0.3, 0.4) is 0 Å². The predicted octanol–water partition coefficient (Wildman–Crippen LogP) is 1.02. The fourth-order valence-corrected chi connectivity index (χ4v) is 0.620. The van der Waals surface area contributed by atoms with Gasteiger partial charge in [0.2, 0.25) is 0 Å². The third-order valence-corrected chi connectivity index (χ3v) is 1.25. The normalized spacial score (nSPS) is 12.6. The molecule has 0 bridgehead atoms. The Labute approximate surface area is 78.7 Å². The van der Waals surface area contributed by atoms with Crippen LogP contribution in [0, 0.1) is 5.92 Å². The van der Waals surface area contributed by atoms with Gasteiger partial charge < -0.3 is 15.2 Å². The molecular weight excluding hydrogens is 170 g/mol. The summed E-state index contributed by atoms with van der Waals surface area (Å²) in [4.78, 5) is 10.5. The molecule has 1 atom stereocenters. The second-order valence-electron chi connectivity index (χ2n) is 3.20. The number of ether oxygens (including phenoxy) is 2. The molecule has 1 amide bonds. The maximum Gasteiger partial charge on any atom is 0.283 e. The van der Waals surface area contributed by atoms with E-state index in [4.69, 9.17) is 15.2 Å². The molecule has 0 aliphatic carbocycles. The minimum absolute atomic E-state index is 0.0729. The maximum atomic E-state index is 10.5. The van der Waals surface area contributed by atoms with Gasteiger partial charge in [-0.05, 0) is 12.8 Å². The topological polar surface area (TPSA) is 61.6 Å². The van der Waals surface area contributed by atoms with Gasteiger partial charge in [0.1, 0.15) is 0 Å². The van der Waals surface area contributed by atoms with Crippen LogP contribution in [-0.2, 0) is 14.3 Å². The minimum Gasteiger partial charge on any atom is -0.460 e. The molecule has 0 aliphatic heterocycles. The highest BCUT2D eigenvalue weighted by atomic mass is 16.7. The average molecular weight is 187 g/mol. The molecule has 0 aliphatic rings. The summed E-state index contributed by atoms with van der Waals surface area (Å²) in [5, 5.41) is 0. The molecule has 1 unspecified atom stereocenters. The van der Waals surface area contributed by atoms with Crippen molar-refractivity contribution >= 4 is 5.91 Å². The van der Waals surface area contributed by atoms with E-state index in [2.05, 4.69) is 6.58 Å². The summed E-state index contributed by atoms with van der Waals surface area (Å²) >= 11 is 0. The van der Waals surface area contributed by atoms with Crippen LogP contribution in [0.25, 0.3) is 0 Å². The SMILES string of the molecule is C=C(OC(C)OCC(C)C)C(N)=O. The van der Waals surface area contributed by atoms with Crippen LogP contribution in [0.5, 0.6) is 0 Å². The second kappa shape index (κ2) is 5.59. The minimum atomic E-state index is -0.667. The summed E-state index contributed by atoms with van der Waals surface area (Å²) < 4.78 is 10.2. The zero-order valence-electron chi connectivity index (χ0n) is 8.37. The Bertz CT molecular complexity index is 189. The van der Waals surface area contributed by atoms with Gasteiger partial charge in [0.15, 0.2) is 12.0 Å². The van der Waals surface area contributed by atoms with Crippen LogP contribution < -0.4 is 5.73 Å². The van der Waals surface area contributed by atoms with E-state index in [0.717, 1.165) is 0 Å². The maximum absolute atomic E-state index is 10.5.